The van der Waals surface area contributed by atoms with Gasteiger partial charge in [0.05, 0.1) is 12.2 Å². The molecule has 0 heterocycles. The minimum atomic E-state index is -0.220. The van der Waals surface area contributed by atoms with E-state index in [0.717, 1.165) is 4.47 Å². The Morgan fingerprint density at radius 2 is 1.95 bits per heavy atom. The number of ether oxygens (including phenoxy) is 1. The largest absolute Gasteiger partial charge is 0.383 e. The average molecular weight is 408 g/mol. The lowest BCUT2D eigenvalue weighted by atomic mass is 10.2. The Morgan fingerprint density at radius 3 is 2.65 bits per heavy atom. The maximum Gasteiger partial charge on any atom is 0.252 e. The van der Waals surface area contributed by atoms with Gasteiger partial charge in [0.15, 0.2) is 0 Å². The fourth-order valence-corrected chi connectivity index (χ4v) is 2.22. The van der Waals surface area contributed by atoms with Gasteiger partial charge in [-0.25, -0.2) is 0 Å². The molecular weight excluding hydrogens is 392 g/mol. The molecule has 0 spiro atoms. The third-order valence-corrected chi connectivity index (χ3v) is 3.62. The smallest absolute Gasteiger partial charge is 0.252 e. The number of carbonyl (C=O) groups is 2. The van der Waals surface area contributed by atoms with Crippen LogP contribution in [0.5, 0.6) is 0 Å². The van der Waals surface area contributed by atoms with Crippen molar-refractivity contribution in [1.29, 1.82) is 0 Å². The monoisotopic (exact) mass is 406 g/mol. The van der Waals surface area contributed by atoms with Crippen LogP contribution in [0.25, 0.3) is 0 Å². The first-order valence-electron chi connectivity index (χ1n) is 6.03. The van der Waals surface area contributed by atoms with E-state index in [9.17, 15) is 9.59 Å². The van der Waals surface area contributed by atoms with E-state index in [1.807, 2.05) is 6.07 Å². The van der Waals surface area contributed by atoms with Crippen LogP contribution in [-0.2, 0) is 9.53 Å². The average Bonchev–Trinajstić information content (AvgIpc) is 2.41. The highest BCUT2D eigenvalue weighted by atomic mass is 79.9. The van der Waals surface area contributed by atoms with E-state index < -0.39 is 0 Å². The summed E-state index contributed by atoms with van der Waals surface area (Å²) in [5, 5.41) is 5.39. The first-order chi connectivity index (χ1) is 9.54. The molecule has 0 aromatic heterocycles. The fraction of sp³-hybridized carbons (Fsp3) is 0.385. The molecule has 0 unspecified atom stereocenters. The lowest BCUT2D eigenvalue weighted by molar-refractivity contribution is -0.121. The van der Waals surface area contributed by atoms with Crippen molar-refractivity contribution >= 4 is 43.7 Å². The molecule has 0 saturated heterocycles. The molecule has 1 rings (SSSR count). The summed E-state index contributed by atoms with van der Waals surface area (Å²) in [4.78, 5) is 23.4. The predicted molar refractivity (Wildman–Crippen MR) is 83.7 cm³/mol. The number of carbonyl (C=O) groups excluding carboxylic acids is 2. The second kappa shape index (κ2) is 9.10. The van der Waals surface area contributed by atoms with Crippen molar-refractivity contribution in [3.63, 3.8) is 0 Å². The second-order valence-electron chi connectivity index (χ2n) is 3.97. The quantitative estimate of drug-likeness (QED) is 0.680. The highest BCUT2D eigenvalue weighted by Gasteiger charge is 2.10. The summed E-state index contributed by atoms with van der Waals surface area (Å²) >= 11 is 6.63. The maximum atomic E-state index is 11.9. The number of hydrogen-bond acceptors (Lipinski definition) is 3. The molecule has 7 heteroatoms. The number of hydrogen-bond donors (Lipinski definition) is 2. The van der Waals surface area contributed by atoms with Crippen LogP contribution in [0.2, 0.25) is 0 Å². The number of methoxy groups -OCH3 is 1. The summed E-state index contributed by atoms with van der Waals surface area (Å²) in [6.07, 6.45) is 0.237. The molecule has 5 nitrogen and oxygen atoms in total. The Labute approximate surface area is 134 Å². The molecule has 0 saturated carbocycles. The standard InChI is InChI=1S/C13H16Br2N2O3/c1-20-7-6-16-12(18)4-5-17-13(19)10-8-9(14)2-3-11(10)15/h2-3,8H,4-7H2,1H3,(H,16,18)(H,17,19). The number of rotatable bonds is 7. The molecule has 0 aliphatic rings. The van der Waals surface area contributed by atoms with Crippen molar-refractivity contribution < 1.29 is 14.3 Å². The molecule has 2 N–H and O–H groups in total. The van der Waals surface area contributed by atoms with Crippen LogP contribution in [0.15, 0.2) is 27.1 Å². The van der Waals surface area contributed by atoms with Crippen LogP contribution in [0.4, 0.5) is 0 Å². The van der Waals surface area contributed by atoms with Gasteiger partial charge in [0.1, 0.15) is 0 Å². The first-order valence-corrected chi connectivity index (χ1v) is 7.62. The van der Waals surface area contributed by atoms with Crippen molar-refractivity contribution in [1.82, 2.24) is 10.6 Å². The second-order valence-corrected chi connectivity index (χ2v) is 5.74. The molecule has 20 heavy (non-hydrogen) atoms. The Hall–Kier alpha value is -0.920. The van der Waals surface area contributed by atoms with Crippen LogP contribution in [0, 0.1) is 0 Å². The third-order valence-electron chi connectivity index (χ3n) is 2.44. The third kappa shape index (κ3) is 6.02. The van der Waals surface area contributed by atoms with Gasteiger partial charge in [0.2, 0.25) is 5.91 Å². The van der Waals surface area contributed by atoms with Crippen molar-refractivity contribution in [3.05, 3.63) is 32.7 Å². The molecule has 110 valence electrons. The normalized spacial score (nSPS) is 10.2. The highest BCUT2D eigenvalue weighted by Crippen LogP contribution is 2.21. The first kappa shape index (κ1) is 17.1. The minimum Gasteiger partial charge on any atom is -0.383 e. The summed E-state index contributed by atoms with van der Waals surface area (Å²) in [5.74, 6) is -0.335. The lowest BCUT2D eigenvalue weighted by Gasteiger charge is -2.08. The summed E-state index contributed by atoms with van der Waals surface area (Å²) < 4.78 is 6.36. The van der Waals surface area contributed by atoms with Gasteiger partial charge in [-0.05, 0) is 34.1 Å². The van der Waals surface area contributed by atoms with Crippen LogP contribution in [-0.4, -0.2) is 38.6 Å². The molecule has 2 amide bonds. The van der Waals surface area contributed by atoms with Gasteiger partial charge in [0.25, 0.3) is 5.91 Å². The maximum absolute atomic E-state index is 11.9. The molecule has 1 aromatic carbocycles. The van der Waals surface area contributed by atoms with E-state index in [1.165, 1.54) is 0 Å². The zero-order chi connectivity index (χ0) is 15.0. The van der Waals surface area contributed by atoms with Gasteiger partial charge >= 0.3 is 0 Å². The zero-order valence-electron chi connectivity index (χ0n) is 11.0. The van der Waals surface area contributed by atoms with Crippen molar-refractivity contribution in [3.8, 4) is 0 Å². The Kier molecular flexibility index (Phi) is 7.79. The van der Waals surface area contributed by atoms with Crippen molar-refractivity contribution in [2.24, 2.45) is 0 Å². The Balaban J connectivity index is 2.36. The van der Waals surface area contributed by atoms with Gasteiger partial charge in [-0.3, -0.25) is 9.59 Å². The molecule has 0 fully saturated rings. The molecule has 0 aliphatic heterocycles. The van der Waals surface area contributed by atoms with Crippen LogP contribution in [0.1, 0.15) is 16.8 Å². The summed E-state index contributed by atoms with van der Waals surface area (Å²) in [6.45, 7) is 1.24. The molecule has 0 atom stereocenters. The molecule has 0 aliphatic carbocycles. The van der Waals surface area contributed by atoms with E-state index in [0.29, 0.717) is 23.2 Å². The van der Waals surface area contributed by atoms with Gasteiger partial charge < -0.3 is 15.4 Å². The van der Waals surface area contributed by atoms with Crippen molar-refractivity contribution in [2.75, 3.05) is 26.8 Å². The van der Waals surface area contributed by atoms with Gasteiger partial charge in [-0.2, -0.15) is 0 Å². The number of benzene rings is 1. The molecule has 1 aromatic rings. The number of nitrogens with one attached hydrogen (secondary N) is 2. The molecule has 0 radical (unpaired) electrons. The van der Waals surface area contributed by atoms with E-state index in [2.05, 4.69) is 42.5 Å². The molecule has 0 bridgehead atoms. The van der Waals surface area contributed by atoms with Gasteiger partial charge in [0, 0.05) is 35.6 Å². The Morgan fingerprint density at radius 1 is 1.20 bits per heavy atom. The van der Waals surface area contributed by atoms with Crippen LogP contribution < -0.4 is 10.6 Å². The van der Waals surface area contributed by atoms with E-state index >= 15 is 0 Å². The predicted octanol–water partition coefficient (Wildman–Crippen LogP) is 2.09. The summed E-state index contributed by atoms with van der Waals surface area (Å²) in [5.41, 5.74) is 0.527. The van der Waals surface area contributed by atoms with Gasteiger partial charge in [-0.1, -0.05) is 15.9 Å². The minimum absolute atomic E-state index is 0.115. The fourth-order valence-electron chi connectivity index (χ4n) is 1.44. The number of amides is 2. The SMILES string of the molecule is COCCNC(=O)CCNC(=O)c1cc(Br)ccc1Br. The number of halogens is 2. The van der Waals surface area contributed by atoms with Crippen LogP contribution in [0.3, 0.4) is 0 Å². The highest BCUT2D eigenvalue weighted by molar-refractivity contribution is 9.11. The van der Waals surface area contributed by atoms with Crippen LogP contribution >= 0.6 is 31.9 Å². The van der Waals surface area contributed by atoms with E-state index in [1.54, 1.807) is 19.2 Å². The lowest BCUT2D eigenvalue weighted by Crippen LogP contribution is -2.32. The summed E-state index contributed by atoms with van der Waals surface area (Å²) in [7, 11) is 1.57. The molecular formula is C13H16Br2N2O3. The van der Waals surface area contributed by atoms with E-state index in [-0.39, 0.29) is 24.8 Å². The van der Waals surface area contributed by atoms with Gasteiger partial charge in [-0.15, -0.1) is 0 Å². The van der Waals surface area contributed by atoms with E-state index in [4.69, 9.17) is 4.74 Å². The van der Waals surface area contributed by atoms with Crippen molar-refractivity contribution in [2.45, 2.75) is 6.42 Å². The topological polar surface area (TPSA) is 67.4 Å². The summed E-state index contributed by atoms with van der Waals surface area (Å²) in [6, 6.07) is 5.35. The zero-order valence-corrected chi connectivity index (χ0v) is 14.2. The Bertz CT molecular complexity index is 481.